The smallest absolute Gasteiger partial charge is 0.293 e. The van der Waals surface area contributed by atoms with Crippen LogP contribution in [-0.2, 0) is 11.4 Å². The second-order valence-corrected chi connectivity index (χ2v) is 10.2. The van der Waals surface area contributed by atoms with Gasteiger partial charge >= 0.3 is 0 Å². The molecule has 1 fully saturated rings. The van der Waals surface area contributed by atoms with Crippen LogP contribution in [0.2, 0.25) is 0 Å². The molecule has 2 amide bonds. The average Bonchev–Trinajstić information content (AvgIpc) is 3.12. The minimum atomic E-state index is -0.290. The summed E-state index contributed by atoms with van der Waals surface area (Å²) >= 11 is 0.958. The number of imide groups is 1. The minimum Gasteiger partial charge on any atom is -0.491 e. The van der Waals surface area contributed by atoms with Crippen molar-refractivity contribution in [3.63, 3.8) is 0 Å². The molecule has 186 valence electrons. The highest BCUT2D eigenvalue weighted by Crippen LogP contribution is 2.33. The van der Waals surface area contributed by atoms with Crippen LogP contribution in [0.3, 0.4) is 0 Å². The molecule has 36 heavy (non-hydrogen) atoms. The van der Waals surface area contributed by atoms with E-state index in [4.69, 9.17) is 9.47 Å². The molecule has 0 saturated carbocycles. The first-order chi connectivity index (χ1) is 17.3. The molecule has 1 heterocycles. The summed E-state index contributed by atoms with van der Waals surface area (Å²) in [6.07, 6.45) is 1.74. The van der Waals surface area contributed by atoms with E-state index >= 15 is 0 Å². The van der Waals surface area contributed by atoms with Crippen molar-refractivity contribution >= 4 is 29.0 Å². The SMILES string of the molecule is Cc1ccc(COc2ccc(/C=C3\SC(=O)N(CCOc4cc(C)ccc4C(C)C)C3=O)cc2)cc1. The molecule has 3 aromatic rings. The Bertz CT molecular complexity index is 1260. The Balaban J connectivity index is 1.34. The van der Waals surface area contributed by atoms with Crippen molar-refractivity contribution < 1.29 is 19.1 Å². The summed E-state index contributed by atoms with van der Waals surface area (Å²) in [7, 11) is 0. The molecule has 1 saturated heterocycles. The van der Waals surface area contributed by atoms with Gasteiger partial charge in [-0.25, -0.2) is 0 Å². The summed E-state index contributed by atoms with van der Waals surface area (Å²) in [6, 6.07) is 21.8. The van der Waals surface area contributed by atoms with Gasteiger partial charge in [-0.1, -0.05) is 67.9 Å². The number of benzene rings is 3. The molecule has 0 radical (unpaired) electrons. The van der Waals surface area contributed by atoms with E-state index in [-0.39, 0.29) is 24.3 Å². The molecule has 4 rings (SSSR count). The number of rotatable bonds is 9. The van der Waals surface area contributed by atoms with Crippen LogP contribution in [0.15, 0.2) is 71.6 Å². The first kappa shape index (κ1) is 25.6. The lowest BCUT2D eigenvalue weighted by molar-refractivity contribution is -0.123. The van der Waals surface area contributed by atoms with Gasteiger partial charge in [0, 0.05) is 0 Å². The van der Waals surface area contributed by atoms with Gasteiger partial charge in [-0.05, 0) is 78.1 Å². The lowest BCUT2D eigenvalue weighted by Gasteiger charge is -2.17. The first-order valence-corrected chi connectivity index (χ1v) is 12.9. The maximum atomic E-state index is 12.9. The van der Waals surface area contributed by atoms with Crippen molar-refractivity contribution in [3.05, 3.63) is 99.5 Å². The van der Waals surface area contributed by atoms with Crippen LogP contribution in [0.1, 0.15) is 47.6 Å². The van der Waals surface area contributed by atoms with E-state index in [0.717, 1.165) is 45.5 Å². The molecule has 0 aromatic heterocycles. The molecule has 3 aromatic carbocycles. The van der Waals surface area contributed by atoms with Crippen LogP contribution >= 0.6 is 11.8 Å². The maximum Gasteiger partial charge on any atom is 0.293 e. The van der Waals surface area contributed by atoms with Crippen molar-refractivity contribution in [2.75, 3.05) is 13.2 Å². The molecule has 1 aliphatic heterocycles. The number of aryl methyl sites for hydroxylation is 2. The molecule has 1 aliphatic rings. The van der Waals surface area contributed by atoms with E-state index in [2.05, 4.69) is 57.2 Å². The zero-order valence-electron chi connectivity index (χ0n) is 21.1. The van der Waals surface area contributed by atoms with Crippen LogP contribution in [-0.4, -0.2) is 29.2 Å². The Kier molecular flexibility index (Phi) is 8.16. The van der Waals surface area contributed by atoms with Gasteiger partial charge in [0.25, 0.3) is 11.1 Å². The Hall–Kier alpha value is -3.51. The van der Waals surface area contributed by atoms with Crippen molar-refractivity contribution in [1.82, 2.24) is 4.90 Å². The lowest BCUT2D eigenvalue weighted by Crippen LogP contribution is -2.32. The fourth-order valence-electron chi connectivity index (χ4n) is 3.85. The second-order valence-electron chi connectivity index (χ2n) is 9.22. The van der Waals surface area contributed by atoms with Crippen molar-refractivity contribution in [1.29, 1.82) is 0 Å². The highest BCUT2D eigenvalue weighted by molar-refractivity contribution is 8.18. The molecule has 0 spiro atoms. The largest absolute Gasteiger partial charge is 0.491 e. The van der Waals surface area contributed by atoms with Gasteiger partial charge in [0.15, 0.2) is 0 Å². The highest BCUT2D eigenvalue weighted by atomic mass is 32.2. The van der Waals surface area contributed by atoms with Crippen LogP contribution in [0.25, 0.3) is 6.08 Å². The number of thioether (sulfide) groups is 1. The summed E-state index contributed by atoms with van der Waals surface area (Å²) in [4.78, 5) is 27.0. The zero-order chi connectivity index (χ0) is 25.7. The van der Waals surface area contributed by atoms with Crippen molar-refractivity contribution in [2.45, 2.75) is 40.2 Å². The van der Waals surface area contributed by atoms with Crippen LogP contribution in [0.5, 0.6) is 11.5 Å². The third-order valence-electron chi connectivity index (χ3n) is 5.94. The monoisotopic (exact) mass is 501 g/mol. The maximum absolute atomic E-state index is 12.9. The third-order valence-corrected chi connectivity index (χ3v) is 6.85. The molecule has 6 heteroatoms. The van der Waals surface area contributed by atoms with Crippen molar-refractivity contribution in [2.24, 2.45) is 0 Å². The molecule has 5 nitrogen and oxygen atoms in total. The quantitative estimate of drug-likeness (QED) is 0.292. The predicted molar refractivity (Wildman–Crippen MR) is 145 cm³/mol. The molecule has 0 bridgehead atoms. The molecular formula is C30H31NO4S. The van der Waals surface area contributed by atoms with Crippen LogP contribution in [0.4, 0.5) is 4.79 Å². The highest BCUT2D eigenvalue weighted by Gasteiger charge is 2.34. The molecule has 0 atom stereocenters. The Morgan fingerprint density at radius 1 is 0.889 bits per heavy atom. The van der Waals surface area contributed by atoms with Gasteiger partial charge in [0.05, 0.1) is 11.4 Å². The number of amides is 2. The molecule has 0 N–H and O–H groups in total. The molecule has 0 unspecified atom stereocenters. The van der Waals surface area contributed by atoms with Crippen LogP contribution in [0, 0.1) is 13.8 Å². The van der Waals surface area contributed by atoms with E-state index in [1.54, 1.807) is 6.08 Å². The Morgan fingerprint density at radius 3 is 2.28 bits per heavy atom. The number of hydrogen-bond acceptors (Lipinski definition) is 5. The number of ether oxygens (including phenoxy) is 2. The third kappa shape index (κ3) is 6.38. The first-order valence-electron chi connectivity index (χ1n) is 12.1. The van der Waals surface area contributed by atoms with Gasteiger partial charge in [-0.2, -0.15) is 0 Å². The average molecular weight is 502 g/mol. The van der Waals surface area contributed by atoms with Crippen molar-refractivity contribution in [3.8, 4) is 11.5 Å². The fourth-order valence-corrected chi connectivity index (χ4v) is 4.71. The Labute approximate surface area is 217 Å². The summed E-state index contributed by atoms with van der Waals surface area (Å²) in [6.45, 7) is 9.24. The van der Waals surface area contributed by atoms with Gasteiger partial charge < -0.3 is 9.47 Å². The van der Waals surface area contributed by atoms with E-state index in [1.807, 2.05) is 37.3 Å². The fraction of sp³-hybridized carbons (Fsp3) is 0.267. The number of nitrogens with zero attached hydrogens (tertiary/aromatic N) is 1. The zero-order valence-corrected chi connectivity index (χ0v) is 21.9. The standard InChI is InChI=1S/C30H31NO4S/c1-20(2)26-14-7-22(4)17-27(26)34-16-15-31-29(32)28(36-30(31)33)18-23-10-12-25(13-11-23)35-19-24-8-5-21(3)6-9-24/h5-14,17-18,20H,15-16,19H2,1-4H3/b28-18-. The second kappa shape index (κ2) is 11.5. The molecule has 0 aliphatic carbocycles. The number of carbonyl (C=O) groups is 2. The number of hydrogen-bond donors (Lipinski definition) is 0. The summed E-state index contributed by atoms with van der Waals surface area (Å²) in [5.41, 5.74) is 5.37. The number of carbonyl (C=O) groups excluding carboxylic acids is 2. The van der Waals surface area contributed by atoms with E-state index in [9.17, 15) is 9.59 Å². The van der Waals surface area contributed by atoms with E-state index < -0.39 is 0 Å². The van der Waals surface area contributed by atoms with Gasteiger partial charge in [0.1, 0.15) is 24.7 Å². The minimum absolute atomic E-state index is 0.208. The van der Waals surface area contributed by atoms with Crippen LogP contribution < -0.4 is 9.47 Å². The van der Waals surface area contributed by atoms with Gasteiger partial charge in [-0.3, -0.25) is 14.5 Å². The van der Waals surface area contributed by atoms with E-state index in [0.29, 0.717) is 17.4 Å². The molecular weight excluding hydrogens is 470 g/mol. The summed E-state index contributed by atoms with van der Waals surface area (Å²) < 4.78 is 11.8. The Morgan fingerprint density at radius 2 is 1.58 bits per heavy atom. The topological polar surface area (TPSA) is 55.8 Å². The van der Waals surface area contributed by atoms with Gasteiger partial charge in [0.2, 0.25) is 0 Å². The summed E-state index contributed by atoms with van der Waals surface area (Å²) in [5, 5.41) is -0.277. The lowest BCUT2D eigenvalue weighted by atomic mass is 10.0. The summed E-state index contributed by atoms with van der Waals surface area (Å²) in [5.74, 6) is 1.58. The predicted octanol–water partition coefficient (Wildman–Crippen LogP) is 7.12. The normalized spacial score (nSPS) is 14.7. The van der Waals surface area contributed by atoms with Gasteiger partial charge in [-0.15, -0.1) is 0 Å². The van der Waals surface area contributed by atoms with E-state index in [1.165, 1.54) is 10.5 Å².